The molecule has 1 aliphatic carbocycles. The molecule has 1 fully saturated rings. The Kier molecular flexibility index (Phi) is 3.24. The van der Waals surface area contributed by atoms with Gasteiger partial charge in [0, 0.05) is 13.0 Å². The van der Waals surface area contributed by atoms with Crippen molar-refractivity contribution in [2.45, 2.75) is 19.3 Å². The molecule has 1 saturated carbocycles. The molecule has 0 amide bonds. The Hall–Kier alpha value is -1.36. The largest absolute Gasteiger partial charge is 0.460 e. The number of hydrogen-bond donors (Lipinski definition) is 2. The van der Waals surface area contributed by atoms with Gasteiger partial charge in [0.1, 0.15) is 11.5 Å². The second-order valence-electron chi connectivity index (χ2n) is 4.01. The zero-order chi connectivity index (χ0) is 11.5. The summed E-state index contributed by atoms with van der Waals surface area (Å²) >= 11 is 4.88. The number of rotatable bonds is 3. The van der Waals surface area contributed by atoms with Crippen LogP contribution in [0.25, 0.3) is 0 Å². The third-order valence-corrected chi connectivity index (χ3v) is 3.00. The monoisotopic (exact) mass is 237 g/mol. The number of nitrogens with one attached hydrogen (secondary N) is 2. The van der Waals surface area contributed by atoms with Crippen molar-refractivity contribution >= 4 is 23.5 Å². The van der Waals surface area contributed by atoms with Gasteiger partial charge in [-0.25, -0.2) is 0 Å². The first-order valence-corrected chi connectivity index (χ1v) is 5.72. The Labute approximate surface area is 100 Å². The Morgan fingerprint density at radius 2 is 2.38 bits per heavy atom. The van der Waals surface area contributed by atoms with Gasteiger partial charge >= 0.3 is 0 Å². The van der Waals surface area contributed by atoms with E-state index in [4.69, 9.17) is 16.6 Å². The van der Waals surface area contributed by atoms with Gasteiger partial charge in [-0.1, -0.05) is 6.92 Å². The summed E-state index contributed by atoms with van der Waals surface area (Å²) < 4.78 is 5.64. The molecule has 0 unspecified atom stereocenters. The van der Waals surface area contributed by atoms with Gasteiger partial charge < -0.3 is 9.73 Å². The molecule has 0 aromatic carbocycles. The normalized spacial score (nSPS) is 23.4. The Morgan fingerprint density at radius 1 is 1.62 bits per heavy atom. The van der Waals surface area contributed by atoms with E-state index in [-0.39, 0.29) is 0 Å². The van der Waals surface area contributed by atoms with Crippen LogP contribution in [0.5, 0.6) is 0 Å². The van der Waals surface area contributed by atoms with Crippen molar-refractivity contribution in [3.05, 3.63) is 23.7 Å². The van der Waals surface area contributed by atoms with Crippen molar-refractivity contribution in [2.24, 2.45) is 11.0 Å². The predicted octanol–water partition coefficient (Wildman–Crippen LogP) is 1.83. The maximum Gasteiger partial charge on any atom is 0.186 e. The molecular weight excluding hydrogens is 222 g/mol. The molecule has 2 rings (SSSR count). The fourth-order valence-electron chi connectivity index (χ4n) is 1.57. The van der Waals surface area contributed by atoms with Gasteiger partial charge in [-0.05, 0) is 36.7 Å². The zero-order valence-corrected chi connectivity index (χ0v) is 10.2. The third kappa shape index (κ3) is 2.61. The van der Waals surface area contributed by atoms with E-state index in [1.165, 1.54) is 6.42 Å². The molecule has 0 radical (unpaired) electrons. The molecule has 0 spiro atoms. The van der Waals surface area contributed by atoms with Crippen LogP contribution in [-0.4, -0.2) is 18.4 Å². The highest BCUT2D eigenvalue weighted by atomic mass is 32.1. The predicted molar refractivity (Wildman–Crippen MR) is 67.6 cm³/mol. The molecule has 0 bridgehead atoms. The standard InChI is InChI=1S/C11H15N3OS/c1-7-5-9(7)10-4-3-8(15-10)6-13-14-11(16)12-2/h3-4,6-7,9H,5H2,1-2H3,(H2,12,14,16)/b13-6-/t7-,9-/m1/s1. The minimum Gasteiger partial charge on any atom is -0.460 e. The molecule has 1 aromatic heterocycles. The molecule has 2 atom stereocenters. The SMILES string of the molecule is CNC(=S)N/N=C\c1ccc([C@@H]2C[C@H]2C)o1. The molecule has 2 N–H and O–H groups in total. The van der Waals surface area contributed by atoms with E-state index in [9.17, 15) is 0 Å². The molecule has 1 heterocycles. The van der Waals surface area contributed by atoms with Crippen LogP contribution in [0.2, 0.25) is 0 Å². The molecule has 4 nitrogen and oxygen atoms in total. The number of hydrogen-bond acceptors (Lipinski definition) is 3. The van der Waals surface area contributed by atoms with Crippen LogP contribution in [0.1, 0.15) is 30.8 Å². The lowest BCUT2D eigenvalue weighted by Gasteiger charge is -1.98. The highest BCUT2D eigenvalue weighted by Crippen LogP contribution is 2.47. The summed E-state index contributed by atoms with van der Waals surface area (Å²) in [5.74, 6) is 3.17. The maximum absolute atomic E-state index is 5.64. The Bertz CT molecular complexity index is 413. The fraction of sp³-hybridized carbons (Fsp3) is 0.455. The molecule has 5 heteroatoms. The van der Waals surface area contributed by atoms with Crippen LogP contribution in [0.4, 0.5) is 0 Å². The van der Waals surface area contributed by atoms with E-state index in [0.29, 0.717) is 11.0 Å². The molecule has 86 valence electrons. The van der Waals surface area contributed by atoms with Gasteiger partial charge in [-0.3, -0.25) is 5.43 Å². The van der Waals surface area contributed by atoms with Crippen molar-refractivity contribution in [3.63, 3.8) is 0 Å². The molecule has 0 aliphatic heterocycles. The van der Waals surface area contributed by atoms with Crippen molar-refractivity contribution < 1.29 is 4.42 Å². The first kappa shape index (κ1) is 11.1. The second-order valence-corrected chi connectivity index (χ2v) is 4.42. The summed E-state index contributed by atoms with van der Waals surface area (Å²) in [6.45, 7) is 2.23. The van der Waals surface area contributed by atoms with Crippen molar-refractivity contribution in [2.75, 3.05) is 7.05 Å². The number of thiocarbonyl (C=S) groups is 1. The van der Waals surface area contributed by atoms with Crippen molar-refractivity contribution in [1.82, 2.24) is 10.7 Å². The van der Waals surface area contributed by atoms with Crippen LogP contribution in [0.15, 0.2) is 21.7 Å². The van der Waals surface area contributed by atoms with Crippen LogP contribution >= 0.6 is 12.2 Å². The van der Waals surface area contributed by atoms with Gasteiger partial charge in [0.25, 0.3) is 0 Å². The lowest BCUT2D eigenvalue weighted by Crippen LogP contribution is -2.28. The van der Waals surface area contributed by atoms with E-state index >= 15 is 0 Å². The van der Waals surface area contributed by atoms with E-state index in [1.807, 2.05) is 12.1 Å². The summed E-state index contributed by atoms with van der Waals surface area (Å²) in [7, 11) is 1.74. The number of furan rings is 1. The van der Waals surface area contributed by atoms with E-state index in [2.05, 4.69) is 22.8 Å². The third-order valence-electron chi connectivity index (χ3n) is 2.71. The summed E-state index contributed by atoms with van der Waals surface area (Å²) in [5, 5.41) is 7.20. The molecule has 1 aromatic rings. The highest BCUT2D eigenvalue weighted by Gasteiger charge is 2.36. The van der Waals surface area contributed by atoms with E-state index in [1.54, 1.807) is 13.3 Å². The van der Waals surface area contributed by atoms with Gasteiger partial charge in [0.15, 0.2) is 5.11 Å². The number of hydrazone groups is 1. The van der Waals surface area contributed by atoms with Crippen LogP contribution in [0.3, 0.4) is 0 Å². The average molecular weight is 237 g/mol. The quantitative estimate of drug-likeness (QED) is 0.478. The first-order chi connectivity index (χ1) is 7.70. The van der Waals surface area contributed by atoms with Crippen molar-refractivity contribution in [3.8, 4) is 0 Å². The van der Waals surface area contributed by atoms with Crippen molar-refractivity contribution in [1.29, 1.82) is 0 Å². The zero-order valence-electron chi connectivity index (χ0n) is 9.36. The highest BCUT2D eigenvalue weighted by molar-refractivity contribution is 7.80. The molecule has 16 heavy (non-hydrogen) atoms. The Morgan fingerprint density at radius 3 is 3.00 bits per heavy atom. The van der Waals surface area contributed by atoms with Gasteiger partial charge in [-0.15, -0.1) is 0 Å². The minimum absolute atomic E-state index is 0.485. The molecular formula is C11H15N3OS. The van der Waals surface area contributed by atoms with E-state index < -0.39 is 0 Å². The topological polar surface area (TPSA) is 49.6 Å². The molecule has 0 saturated heterocycles. The average Bonchev–Trinajstić information content (AvgIpc) is 2.82. The van der Waals surface area contributed by atoms with Crippen LogP contribution < -0.4 is 10.7 Å². The first-order valence-electron chi connectivity index (χ1n) is 5.31. The minimum atomic E-state index is 0.485. The summed E-state index contributed by atoms with van der Waals surface area (Å²) in [6.07, 6.45) is 2.85. The summed E-state index contributed by atoms with van der Waals surface area (Å²) in [5.41, 5.74) is 2.67. The van der Waals surface area contributed by atoms with E-state index in [0.717, 1.165) is 17.4 Å². The van der Waals surface area contributed by atoms with Gasteiger partial charge in [0.05, 0.1) is 6.21 Å². The van der Waals surface area contributed by atoms with Crippen LogP contribution in [0, 0.1) is 5.92 Å². The lowest BCUT2D eigenvalue weighted by molar-refractivity contribution is 0.500. The second kappa shape index (κ2) is 4.65. The fourth-order valence-corrected chi connectivity index (χ4v) is 1.62. The summed E-state index contributed by atoms with van der Waals surface area (Å²) in [6, 6.07) is 3.94. The van der Waals surface area contributed by atoms with Gasteiger partial charge in [-0.2, -0.15) is 5.10 Å². The summed E-state index contributed by atoms with van der Waals surface area (Å²) in [4.78, 5) is 0. The maximum atomic E-state index is 5.64. The molecule has 1 aliphatic rings. The van der Waals surface area contributed by atoms with Crippen LogP contribution in [-0.2, 0) is 0 Å². The lowest BCUT2D eigenvalue weighted by atomic mass is 10.3. The van der Waals surface area contributed by atoms with Gasteiger partial charge in [0.2, 0.25) is 0 Å². The number of nitrogens with zero attached hydrogens (tertiary/aromatic N) is 1. The smallest absolute Gasteiger partial charge is 0.186 e. The Balaban J connectivity index is 1.90.